The van der Waals surface area contributed by atoms with Crippen LogP contribution < -0.4 is 11.1 Å². The predicted octanol–water partition coefficient (Wildman–Crippen LogP) is 2.84. The van der Waals surface area contributed by atoms with Gasteiger partial charge in [-0.15, -0.1) is 0 Å². The molecule has 3 N–H and O–H groups in total. The van der Waals surface area contributed by atoms with E-state index in [1.807, 2.05) is 11.0 Å². The maximum absolute atomic E-state index is 13.1. The second kappa shape index (κ2) is 7.12. The molecule has 2 aromatic rings. The maximum Gasteiger partial charge on any atom is 0.254 e. The summed E-state index contributed by atoms with van der Waals surface area (Å²) >= 11 is 0. The van der Waals surface area contributed by atoms with Gasteiger partial charge in [-0.1, -0.05) is 12.1 Å². The van der Waals surface area contributed by atoms with Crippen LogP contribution in [0.1, 0.15) is 40.7 Å². The summed E-state index contributed by atoms with van der Waals surface area (Å²) in [4.78, 5) is 26.9. The van der Waals surface area contributed by atoms with E-state index >= 15 is 0 Å². The molecule has 6 heteroatoms. The monoisotopic (exact) mass is 367 g/mol. The highest BCUT2D eigenvalue weighted by molar-refractivity contribution is 5.98. The van der Waals surface area contributed by atoms with Gasteiger partial charge >= 0.3 is 0 Å². The Morgan fingerprint density at radius 2 is 1.89 bits per heavy atom. The van der Waals surface area contributed by atoms with E-state index in [-0.39, 0.29) is 23.7 Å². The van der Waals surface area contributed by atoms with Gasteiger partial charge in [0.2, 0.25) is 5.91 Å². The van der Waals surface area contributed by atoms with Crippen molar-refractivity contribution in [1.29, 1.82) is 0 Å². The topological polar surface area (TPSA) is 75.4 Å². The number of aryl methyl sites for hydroxylation is 1. The first-order chi connectivity index (χ1) is 13.0. The zero-order valence-corrected chi connectivity index (χ0v) is 15.0. The van der Waals surface area contributed by atoms with Crippen molar-refractivity contribution in [2.24, 2.45) is 5.73 Å². The highest BCUT2D eigenvalue weighted by Gasteiger charge is 2.33. The van der Waals surface area contributed by atoms with E-state index in [0.717, 1.165) is 29.7 Å². The second-order valence-corrected chi connectivity index (χ2v) is 7.30. The molecule has 5 nitrogen and oxygen atoms in total. The molecule has 0 radical (unpaired) electrons. The minimum atomic E-state index is -0.530. The fourth-order valence-electron chi connectivity index (χ4n) is 3.43. The minimum Gasteiger partial charge on any atom is -0.331 e. The number of nitrogens with zero attached hydrogens (tertiary/aromatic N) is 1. The summed E-state index contributed by atoms with van der Waals surface area (Å²) in [5, 5.41) is 2.82. The molecule has 0 aromatic heterocycles. The highest BCUT2D eigenvalue weighted by atomic mass is 19.1. The number of amides is 2. The normalized spacial score (nSPS) is 19.0. The molecule has 1 atom stereocenters. The molecule has 1 aliphatic carbocycles. The molecule has 1 heterocycles. The predicted molar refractivity (Wildman–Crippen MR) is 101 cm³/mol. The summed E-state index contributed by atoms with van der Waals surface area (Å²) in [7, 11) is 0. The van der Waals surface area contributed by atoms with Crippen LogP contribution in [0, 0.1) is 5.82 Å². The average molecular weight is 367 g/mol. The van der Waals surface area contributed by atoms with E-state index in [4.69, 9.17) is 5.73 Å². The number of carbonyl (C=O) groups is 2. The third-order valence-corrected chi connectivity index (χ3v) is 5.19. The minimum absolute atomic E-state index is 0.0375. The lowest BCUT2D eigenvalue weighted by atomic mass is 10.0. The van der Waals surface area contributed by atoms with Gasteiger partial charge in [-0.05, 0) is 67.1 Å². The SMILES string of the molecule is NC1CCc2cc(C(=O)N(Cc3ccc(F)cc3)C3CC3)ccc2NC1=O. The number of rotatable bonds is 4. The van der Waals surface area contributed by atoms with Gasteiger partial charge < -0.3 is 16.0 Å². The van der Waals surface area contributed by atoms with E-state index in [2.05, 4.69) is 5.32 Å². The van der Waals surface area contributed by atoms with Crippen molar-refractivity contribution in [2.45, 2.75) is 44.3 Å². The number of halogens is 1. The van der Waals surface area contributed by atoms with Gasteiger partial charge in [0, 0.05) is 23.8 Å². The molecule has 140 valence electrons. The van der Waals surface area contributed by atoms with E-state index < -0.39 is 6.04 Å². The molecular weight excluding hydrogens is 345 g/mol. The first kappa shape index (κ1) is 17.7. The van der Waals surface area contributed by atoms with Crippen molar-refractivity contribution < 1.29 is 14.0 Å². The molecule has 4 rings (SSSR count). The lowest BCUT2D eigenvalue weighted by Crippen LogP contribution is -2.34. The Morgan fingerprint density at radius 1 is 1.15 bits per heavy atom. The standard InChI is InChI=1S/C21H22FN3O2/c22-16-5-1-13(2-6-16)12-25(17-7-8-17)21(27)15-4-10-19-14(11-15)3-9-18(23)20(26)24-19/h1-2,4-6,10-11,17-18H,3,7-9,12,23H2,(H,24,26). The van der Waals surface area contributed by atoms with Crippen LogP contribution in [0.5, 0.6) is 0 Å². The van der Waals surface area contributed by atoms with Crippen molar-refractivity contribution in [2.75, 3.05) is 5.32 Å². The van der Waals surface area contributed by atoms with Gasteiger partial charge in [0.1, 0.15) is 5.82 Å². The van der Waals surface area contributed by atoms with Gasteiger partial charge in [0.15, 0.2) is 0 Å². The van der Waals surface area contributed by atoms with Crippen LogP contribution in [0.15, 0.2) is 42.5 Å². The molecule has 2 aromatic carbocycles. The first-order valence-corrected chi connectivity index (χ1v) is 9.26. The molecular formula is C21H22FN3O2. The number of nitrogens with two attached hydrogens (primary N) is 1. The van der Waals surface area contributed by atoms with E-state index in [1.54, 1.807) is 24.3 Å². The first-order valence-electron chi connectivity index (χ1n) is 9.26. The summed E-state index contributed by atoms with van der Waals surface area (Å²) in [6.45, 7) is 0.461. The van der Waals surface area contributed by atoms with Crippen LogP contribution in [-0.4, -0.2) is 28.8 Å². The Labute approximate surface area is 157 Å². The smallest absolute Gasteiger partial charge is 0.254 e. The lowest BCUT2D eigenvalue weighted by Gasteiger charge is -2.23. The van der Waals surface area contributed by atoms with Crippen molar-refractivity contribution in [3.8, 4) is 0 Å². The van der Waals surface area contributed by atoms with Gasteiger partial charge in [-0.2, -0.15) is 0 Å². The van der Waals surface area contributed by atoms with Gasteiger partial charge in [0.25, 0.3) is 5.91 Å². The van der Waals surface area contributed by atoms with Crippen LogP contribution >= 0.6 is 0 Å². The summed E-state index contributed by atoms with van der Waals surface area (Å²) in [6, 6.07) is 11.3. The van der Waals surface area contributed by atoms with E-state index in [1.165, 1.54) is 12.1 Å². The quantitative estimate of drug-likeness (QED) is 0.873. The number of hydrogen-bond acceptors (Lipinski definition) is 3. The van der Waals surface area contributed by atoms with Crippen molar-refractivity contribution in [1.82, 2.24) is 4.90 Å². The summed E-state index contributed by atoms with van der Waals surface area (Å²) in [5.41, 5.74) is 9.00. The number of benzene rings is 2. The molecule has 2 amide bonds. The zero-order valence-electron chi connectivity index (χ0n) is 15.0. The Hall–Kier alpha value is -2.73. The van der Waals surface area contributed by atoms with Crippen LogP contribution in [-0.2, 0) is 17.8 Å². The van der Waals surface area contributed by atoms with Gasteiger partial charge in [-0.3, -0.25) is 9.59 Å². The Morgan fingerprint density at radius 3 is 2.59 bits per heavy atom. The average Bonchev–Trinajstić information content (AvgIpc) is 3.51. The molecule has 1 unspecified atom stereocenters. The van der Waals surface area contributed by atoms with Gasteiger partial charge in [-0.25, -0.2) is 4.39 Å². The zero-order chi connectivity index (χ0) is 19.0. The number of hydrogen-bond donors (Lipinski definition) is 2. The van der Waals surface area contributed by atoms with Crippen LogP contribution in [0.25, 0.3) is 0 Å². The van der Waals surface area contributed by atoms with E-state index in [0.29, 0.717) is 24.9 Å². The van der Waals surface area contributed by atoms with Crippen LogP contribution in [0.2, 0.25) is 0 Å². The third kappa shape index (κ3) is 3.85. The third-order valence-electron chi connectivity index (χ3n) is 5.19. The Kier molecular flexibility index (Phi) is 4.66. The number of fused-ring (bicyclic) bond motifs is 1. The molecule has 1 aliphatic heterocycles. The second-order valence-electron chi connectivity index (χ2n) is 7.30. The molecule has 0 saturated heterocycles. The van der Waals surface area contributed by atoms with Crippen molar-refractivity contribution in [3.05, 3.63) is 65.0 Å². The molecule has 0 spiro atoms. The number of anilines is 1. The Bertz CT molecular complexity index is 877. The molecule has 2 aliphatic rings. The highest BCUT2D eigenvalue weighted by Crippen LogP contribution is 2.31. The Balaban J connectivity index is 1.57. The number of carbonyl (C=O) groups excluding carboxylic acids is 2. The molecule has 1 fully saturated rings. The van der Waals surface area contributed by atoms with Crippen molar-refractivity contribution in [3.63, 3.8) is 0 Å². The van der Waals surface area contributed by atoms with Crippen LogP contribution in [0.3, 0.4) is 0 Å². The lowest BCUT2D eigenvalue weighted by molar-refractivity contribution is -0.117. The van der Waals surface area contributed by atoms with E-state index in [9.17, 15) is 14.0 Å². The summed E-state index contributed by atoms with van der Waals surface area (Å²) < 4.78 is 13.1. The molecule has 27 heavy (non-hydrogen) atoms. The fraction of sp³-hybridized carbons (Fsp3) is 0.333. The van der Waals surface area contributed by atoms with Gasteiger partial charge in [0.05, 0.1) is 6.04 Å². The van der Waals surface area contributed by atoms with Crippen LogP contribution in [0.4, 0.5) is 10.1 Å². The molecule has 0 bridgehead atoms. The molecule has 1 saturated carbocycles. The largest absolute Gasteiger partial charge is 0.331 e. The van der Waals surface area contributed by atoms with Crippen molar-refractivity contribution >= 4 is 17.5 Å². The maximum atomic E-state index is 13.1. The summed E-state index contributed by atoms with van der Waals surface area (Å²) in [6.07, 6.45) is 3.18. The summed E-state index contributed by atoms with van der Waals surface area (Å²) in [5.74, 6) is -0.512. The fourth-order valence-corrected chi connectivity index (χ4v) is 3.43. The number of nitrogens with one attached hydrogen (secondary N) is 1.